The predicted octanol–water partition coefficient (Wildman–Crippen LogP) is 4.56. The highest BCUT2D eigenvalue weighted by Gasteiger charge is 2.17. The quantitative estimate of drug-likeness (QED) is 0.406. The molecule has 7 nitrogen and oxygen atoms in total. The van der Waals surface area contributed by atoms with Crippen molar-refractivity contribution in [2.75, 3.05) is 0 Å². The topological polar surface area (TPSA) is 97.1 Å². The standard InChI is InChI=1S/C24H22N4O3S/c1-16-22(32-24(26-16)18-11-6-3-7-12-18)23(30)28-27-20(29)13-8-14-21-25-15-19(31-21)17-9-4-2-5-10-17/h2-7,9-12,15H,8,13-14H2,1H3,(H,27,29)(H,28,30). The number of hydrogen-bond acceptors (Lipinski definition) is 6. The molecule has 0 atom stereocenters. The molecule has 8 heteroatoms. The number of nitrogens with zero attached hydrogens (tertiary/aromatic N) is 2. The van der Waals surface area contributed by atoms with E-state index in [2.05, 4.69) is 20.8 Å². The number of benzene rings is 2. The van der Waals surface area contributed by atoms with Gasteiger partial charge in [0.1, 0.15) is 9.88 Å². The number of rotatable bonds is 7. The molecule has 162 valence electrons. The summed E-state index contributed by atoms with van der Waals surface area (Å²) in [5.41, 5.74) is 7.47. The summed E-state index contributed by atoms with van der Waals surface area (Å²) < 4.78 is 5.74. The third-order valence-corrected chi connectivity index (χ3v) is 5.95. The Bertz CT molecular complexity index is 1200. The van der Waals surface area contributed by atoms with E-state index < -0.39 is 0 Å². The smallest absolute Gasteiger partial charge is 0.281 e. The summed E-state index contributed by atoms with van der Waals surface area (Å²) in [6.07, 6.45) is 3.00. The molecule has 2 N–H and O–H groups in total. The fraction of sp³-hybridized carbons (Fsp3) is 0.167. The highest BCUT2D eigenvalue weighted by Crippen LogP contribution is 2.27. The maximum Gasteiger partial charge on any atom is 0.281 e. The van der Waals surface area contributed by atoms with Crippen LogP contribution >= 0.6 is 11.3 Å². The highest BCUT2D eigenvalue weighted by atomic mass is 32.1. The number of hydrogen-bond donors (Lipinski definition) is 2. The molecule has 4 aromatic rings. The summed E-state index contributed by atoms with van der Waals surface area (Å²) in [5.74, 6) is 0.621. The van der Waals surface area contributed by atoms with Crippen molar-refractivity contribution in [1.82, 2.24) is 20.8 Å². The molecule has 0 spiro atoms. The molecular formula is C24H22N4O3S. The number of aryl methyl sites for hydroxylation is 2. The van der Waals surface area contributed by atoms with E-state index in [-0.39, 0.29) is 18.2 Å². The van der Waals surface area contributed by atoms with Crippen LogP contribution in [-0.4, -0.2) is 21.8 Å². The lowest BCUT2D eigenvalue weighted by molar-refractivity contribution is -0.121. The molecule has 2 aromatic heterocycles. The van der Waals surface area contributed by atoms with Crippen LogP contribution in [0.2, 0.25) is 0 Å². The molecule has 2 amide bonds. The van der Waals surface area contributed by atoms with Crippen LogP contribution in [0.1, 0.15) is 34.1 Å². The monoisotopic (exact) mass is 446 g/mol. The summed E-state index contributed by atoms with van der Waals surface area (Å²) >= 11 is 1.29. The number of nitrogens with one attached hydrogen (secondary N) is 2. The Labute approximate surface area is 189 Å². The van der Waals surface area contributed by atoms with E-state index in [0.717, 1.165) is 16.1 Å². The molecule has 0 aliphatic heterocycles. The number of hydrazine groups is 1. The Hall–Kier alpha value is -3.78. The van der Waals surface area contributed by atoms with Crippen LogP contribution in [0.5, 0.6) is 0 Å². The second-order valence-corrected chi connectivity index (χ2v) is 8.14. The first-order chi connectivity index (χ1) is 15.6. The average Bonchev–Trinajstić information content (AvgIpc) is 3.45. The summed E-state index contributed by atoms with van der Waals surface area (Å²) in [6, 6.07) is 19.4. The number of amides is 2. The number of oxazole rings is 1. The predicted molar refractivity (Wildman–Crippen MR) is 123 cm³/mol. The van der Waals surface area contributed by atoms with Gasteiger partial charge in [0.25, 0.3) is 5.91 Å². The number of carbonyl (C=O) groups is 2. The Morgan fingerprint density at radius 2 is 1.66 bits per heavy atom. The summed E-state index contributed by atoms with van der Waals surface area (Å²) in [6.45, 7) is 1.78. The zero-order valence-corrected chi connectivity index (χ0v) is 18.3. The van der Waals surface area contributed by atoms with Crippen molar-refractivity contribution >= 4 is 23.2 Å². The van der Waals surface area contributed by atoms with Crippen LogP contribution in [0.25, 0.3) is 21.9 Å². The van der Waals surface area contributed by atoms with E-state index in [1.807, 2.05) is 60.7 Å². The summed E-state index contributed by atoms with van der Waals surface area (Å²) in [4.78, 5) is 33.8. The van der Waals surface area contributed by atoms with E-state index >= 15 is 0 Å². The molecule has 32 heavy (non-hydrogen) atoms. The zero-order valence-electron chi connectivity index (χ0n) is 17.5. The van der Waals surface area contributed by atoms with Gasteiger partial charge in [-0.2, -0.15) is 0 Å². The molecule has 0 radical (unpaired) electrons. The lowest BCUT2D eigenvalue weighted by Crippen LogP contribution is -2.41. The van der Waals surface area contributed by atoms with Gasteiger partial charge in [0.05, 0.1) is 11.9 Å². The Balaban J connectivity index is 1.24. The Morgan fingerprint density at radius 1 is 0.969 bits per heavy atom. The van der Waals surface area contributed by atoms with Crippen LogP contribution in [0, 0.1) is 6.92 Å². The van der Waals surface area contributed by atoms with Crippen LogP contribution < -0.4 is 10.9 Å². The van der Waals surface area contributed by atoms with E-state index in [0.29, 0.717) is 35.1 Å². The minimum atomic E-state index is -0.379. The second-order valence-electron chi connectivity index (χ2n) is 7.14. The first kappa shape index (κ1) is 21.5. The van der Waals surface area contributed by atoms with E-state index in [1.54, 1.807) is 13.1 Å². The van der Waals surface area contributed by atoms with Crippen molar-refractivity contribution in [3.05, 3.63) is 83.3 Å². The van der Waals surface area contributed by atoms with E-state index in [9.17, 15) is 9.59 Å². The molecule has 0 fully saturated rings. The number of aromatic nitrogens is 2. The van der Waals surface area contributed by atoms with Crippen molar-refractivity contribution < 1.29 is 14.0 Å². The van der Waals surface area contributed by atoms with Gasteiger partial charge in [-0.05, 0) is 13.3 Å². The van der Waals surface area contributed by atoms with Gasteiger partial charge < -0.3 is 4.42 Å². The molecular weight excluding hydrogens is 424 g/mol. The van der Waals surface area contributed by atoms with E-state index in [1.165, 1.54) is 11.3 Å². The Morgan fingerprint density at radius 3 is 2.38 bits per heavy atom. The molecule has 0 unspecified atom stereocenters. The molecule has 4 rings (SSSR count). The van der Waals surface area contributed by atoms with Gasteiger partial charge in [-0.25, -0.2) is 9.97 Å². The Kier molecular flexibility index (Phi) is 6.72. The molecule has 2 heterocycles. The van der Waals surface area contributed by atoms with Crippen LogP contribution in [0.4, 0.5) is 0 Å². The van der Waals surface area contributed by atoms with Gasteiger partial charge in [0.2, 0.25) is 5.91 Å². The molecule has 2 aromatic carbocycles. The van der Waals surface area contributed by atoms with E-state index in [4.69, 9.17) is 4.42 Å². The first-order valence-corrected chi connectivity index (χ1v) is 11.0. The molecule has 0 saturated carbocycles. The van der Waals surface area contributed by atoms with Gasteiger partial charge in [-0.3, -0.25) is 20.4 Å². The van der Waals surface area contributed by atoms with Crippen molar-refractivity contribution in [2.24, 2.45) is 0 Å². The first-order valence-electron chi connectivity index (χ1n) is 10.2. The van der Waals surface area contributed by atoms with Gasteiger partial charge in [0, 0.05) is 24.0 Å². The molecule has 0 aliphatic carbocycles. The largest absolute Gasteiger partial charge is 0.441 e. The third-order valence-electron chi connectivity index (χ3n) is 4.75. The fourth-order valence-corrected chi connectivity index (χ4v) is 4.09. The van der Waals surface area contributed by atoms with Crippen molar-refractivity contribution in [1.29, 1.82) is 0 Å². The minimum Gasteiger partial charge on any atom is -0.441 e. The lowest BCUT2D eigenvalue weighted by Gasteiger charge is -2.06. The third kappa shape index (κ3) is 5.28. The molecule has 0 saturated heterocycles. The zero-order chi connectivity index (χ0) is 22.3. The minimum absolute atomic E-state index is 0.236. The summed E-state index contributed by atoms with van der Waals surface area (Å²) in [5, 5.41) is 0.764. The van der Waals surface area contributed by atoms with Crippen LogP contribution in [-0.2, 0) is 11.2 Å². The number of thiazole rings is 1. The van der Waals surface area contributed by atoms with Crippen LogP contribution in [0.3, 0.4) is 0 Å². The fourth-order valence-electron chi connectivity index (χ4n) is 3.12. The van der Waals surface area contributed by atoms with Crippen LogP contribution in [0.15, 0.2) is 71.3 Å². The lowest BCUT2D eigenvalue weighted by atomic mass is 10.2. The molecule has 0 bridgehead atoms. The number of carbonyl (C=O) groups excluding carboxylic acids is 2. The maximum absolute atomic E-state index is 12.5. The van der Waals surface area contributed by atoms with Gasteiger partial charge >= 0.3 is 0 Å². The normalized spacial score (nSPS) is 10.7. The van der Waals surface area contributed by atoms with Crippen molar-refractivity contribution in [2.45, 2.75) is 26.2 Å². The van der Waals surface area contributed by atoms with Gasteiger partial charge in [-0.1, -0.05) is 60.7 Å². The molecule has 0 aliphatic rings. The van der Waals surface area contributed by atoms with Crippen molar-refractivity contribution in [3.8, 4) is 21.9 Å². The van der Waals surface area contributed by atoms with Gasteiger partial charge in [-0.15, -0.1) is 11.3 Å². The van der Waals surface area contributed by atoms with Gasteiger partial charge in [0.15, 0.2) is 11.7 Å². The summed E-state index contributed by atoms with van der Waals surface area (Å²) in [7, 11) is 0. The SMILES string of the molecule is Cc1nc(-c2ccccc2)sc1C(=O)NNC(=O)CCCc1ncc(-c2ccccc2)o1. The van der Waals surface area contributed by atoms with Crippen molar-refractivity contribution in [3.63, 3.8) is 0 Å². The highest BCUT2D eigenvalue weighted by molar-refractivity contribution is 7.17. The average molecular weight is 447 g/mol. The maximum atomic E-state index is 12.5. The second kappa shape index (κ2) is 10.0.